The van der Waals surface area contributed by atoms with Gasteiger partial charge in [0.1, 0.15) is 5.82 Å². The molecule has 2 aliphatic heterocycles. The van der Waals surface area contributed by atoms with Crippen molar-refractivity contribution in [1.29, 1.82) is 0 Å². The molecule has 4 nitrogen and oxygen atoms in total. The van der Waals surface area contributed by atoms with E-state index in [9.17, 15) is 9.18 Å². The normalized spacial score (nSPS) is 27.0. The van der Waals surface area contributed by atoms with Gasteiger partial charge in [-0.3, -0.25) is 4.79 Å². The first-order chi connectivity index (χ1) is 11.7. The molecule has 0 bridgehead atoms. The topological polar surface area (TPSA) is 38.8 Å². The third-order valence-corrected chi connectivity index (χ3v) is 5.77. The van der Waals surface area contributed by atoms with Crippen molar-refractivity contribution in [2.75, 3.05) is 26.3 Å². The molecular formula is C19H24FNO3. The lowest BCUT2D eigenvalue weighted by molar-refractivity contribution is -0.148. The Hall–Kier alpha value is -1.46. The monoisotopic (exact) mass is 333 g/mol. The van der Waals surface area contributed by atoms with E-state index >= 15 is 0 Å². The number of carbonyl (C=O) groups excluding carboxylic acids is 1. The minimum Gasteiger partial charge on any atom is -0.350 e. The van der Waals surface area contributed by atoms with E-state index in [4.69, 9.17) is 9.47 Å². The molecule has 130 valence electrons. The Balaban J connectivity index is 1.53. The van der Waals surface area contributed by atoms with Crippen molar-refractivity contribution in [2.24, 2.45) is 5.92 Å². The van der Waals surface area contributed by atoms with E-state index in [0.717, 1.165) is 44.2 Å². The molecular weight excluding hydrogens is 309 g/mol. The summed E-state index contributed by atoms with van der Waals surface area (Å²) in [5.41, 5.74) is 0.302. The zero-order valence-electron chi connectivity index (χ0n) is 13.9. The second-order valence-corrected chi connectivity index (χ2v) is 7.21. The molecule has 5 heteroatoms. The summed E-state index contributed by atoms with van der Waals surface area (Å²) in [4.78, 5) is 15.3. The van der Waals surface area contributed by atoms with Crippen molar-refractivity contribution in [1.82, 2.24) is 4.90 Å². The van der Waals surface area contributed by atoms with Crippen molar-refractivity contribution in [3.05, 3.63) is 35.6 Å². The molecule has 0 N–H and O–H groups in total. The van der Waals surface area contributed by atoms with Gasteiger partial charge in [-0.05, 0) is 43.4 Å². The molecule has 0 spiro atoms. The minimum atomic E-state index is -0.526. The molecule has 2 saturated heterocycles. The SMILES string of the molecule is O=C(N1CCCC(C2OCCO2)C1)C1(c2cccc(F)c2)CCC1. The minimum absolute atomic E-state index is 0.155. The van der Waals surface area contributed by atoms with Gasteiger partial charge in [0.25, 0.3) is 0 Å². The number of carbonyl (C=O) groups is 1. The largest absolute Gasteiger partial charge is 0.350 e. The van der Waals surface area contributed by atoms with E-state index in [2.05, 4.69) is 0 Å². The number of halogens is 1. The van der Waals surface area contributed by atoms with E-state index in [1.54, 1.807) is 6.07 Å². The Morgan fingerprint density at radius 3 is 2.67 bits per heavy atom. The maximum absolute atomic E-state index is 13.7. The van der Waals surface area contributed by atoms with Gasteiger partial charge in [-0.15, -0.1) is 0 Å². The number of likely N-dealkylation sites (tertiary alicyclic amines) is 1. The average molecular weight is 333 g/mol. The fourth-order valence-electron chi connectivity index (χ4n) is 4.31. The smallest absolute Gasteiger partial charge is 0.233 e. The Kier molecular flexibility index (Phi) is 4.31. The van der Waals surface area contributed by atoms with Gasteiger partial charge in [0.15, 0.2) is 6.29 Å². The van der Waals surface area contributed by atoms with Gasteiger partial charge in [-0.2, -0.15) is 0 Å². The van der Waals surface area contributed by atoms with E-state index in [1.807, 2.05) is 11.0 Å². The van der Waals surface area contributed by atoms with Crippen LogP contribution in [0.4, 0.5) is 4.39 Å². The van der Waals surface area contributed by atoms with Gasteiger partial charge >= 0.3 is 0 Å². The van der Waals surface area contributed by atoms with Gasteiger partial charge < -0.3 is 14.4 Å². The lowest BCUT2D eigenvalue weighted by Crippen LogP contribution is -2.54. The van der Waals surface area contributed by atoms with Crippen molar-refractivity contribution in [3.8, 4) is 0 Å². The van der Waals surface area contributed by atoms with Crippen molar-refractivity contribution >= 4 is 5.91 Å². The Morgan fingerprint density at radius 2 is 2.00 bits per heavy atom. The van der Waals surface area contributed by atoms with E-state index in [-0.39, 0.29) is 23.9 Å². The summed E-state index contributed by atoms with van der Waals surface area (Å²) in [6, 6.07) is 6.57. The second-order valence-electron chi connectivity index (χ2n) is 7.21. The molecule has 0 aromatic heterocycles. The zero-order chi connectivity index (χ0) is 16.6. The standard InChI is InChI=1S/C19H24FNO3/c20-16-6-1-5-15(12-16)19(7-3-8-19)18(22)21-9-2-4-14(13-21)17-23-10-11-24-17/h1,5-6,12,14,17H,2-4,7-11,13H2. The highest BCUT2D eigenvalue weighted by atomic mass is 19.1. The highest BCUT2D eigenvalue weighted by Gasteiger charge is 2.48. The fourth-order valence-corrected chi connectivity index (χ4v) is 4.31. The van der Waals surface area contributed by atoms with Gasteiger partial charge in [0.05, 0.1) is 18.6 Å². The zero-order valence-corrected chi connectivity index (χ0v) is 13.9. The van der Waals surface area contributed by atoms with E-state index < -0.39 is 5.41 Å². The molecule has 24 heavy (non-hydrogen) atoms. The number of hydrogen-bond donors (Lipinski definition) is 0. The van der Waals surface area contributed by atoms with Crippen LogP contribution < -0.4 is 0 Å². The summed E-state index contributed by atoms with van der Waals surface area (Å²) in [5.74, 6) is 0.132. The molecule has 4 rings (SSSR count). The quantitative estimate of drug-likeness (QED) is 0.854. The predicted molar refractivity (Wildman–Crippen MR) is 86.9 cm³/mol. The summed E-state index contributed by atoms with van der Waals surface area (Å²) < 4.78 is 24.9. The van der Waals surface area contributed by atoms with Crippen molar-refractivity contribution in [3.63, 3.8) is 0 Å². The van der Waals surface area contributed by atoms with Crippen LogP contribution in [0.5, 0.6) is 0 Å². The first kappa shape index (κ1) is 16.0. The summed E-state index contributed by atoms with van der Waals surface area (Å²) in [6.45, 7) is 2.74. The summed E-state index contributed by atoms with van der Waals surface area (Å²) in [7, 11) is 0. The third kappa shape index (κ3) is 2.74. The average Bonchev–Trinajstić information content (AvgIpc) is 3.08. The molecule has 0 radical (unpaired) electrons. The van der Waals surface area contributed by atoms with Crippen LogP contribution in [0, 0.1) is 11.7 Å². The molecule has 3 aliphatic rings. The van der Waals surface area contributed by atoms with E-state index in [0.29, 0.717) is 19.8 Å². The highest BCUT2D eigenvalue weighted by Crippen LogP contribution is 2.46. The lowest BCUT2D eigenvalue weighted by atomic mass is 9.63. The third-order valence-electron chi connectivity index (χ3n) is 5.77. The highest BCUT2D eigenvalue weighted by molar-refractivity contribution is 5.89. The number of piperidine rings is 1. The summed E-state index contributed by atoms with van der Waals surface area (Å²) >= 11 is 0. The van der Waals surface area contributed by atoms with Crippen molar-refractivity contribution in [2.45, 2.75) is 43.8 Å². The molecule has 1 aromatic carbocycles. The Labute approximate surface area is 141 Å². The Bertz CT molecular complexity index is 610. The number of benzene rings is 1. The number of rotatable bonds is 3. The van der Waals surface area contributed by atoms with Crippen LogP contribution in [0.3, 0.4) is 0 Å². The summed E-state index contributed by atoms with van der Waals surface area (Å²) in [6.07, 6.45) is 4.47. The number of amides is 1. The molecule has 3 fully saturated rings. The molecule has 1 saturated carbocycles. The second kappa shape index (κ2) is 6.45. The lowest BCUT2D eigenvalue weighted by Gasteiger charge is -2.46. The van der Waals surface area contributed by atoms with Gasteiger partial charge in [-0.25, -0.2) is 4.39 Å². The summed E-state index contributed by atoms with van der Waals surface area (Å²) in [5, 5.41) is 0. The van der Waals surface area contributed by atoms with Gasteiger partial charge in [0.2, 0.25) is 5.91 Å². The first-order valence-corrected chi connectivity index (χ1v) is 8.98. The van der Waals surface area contributed by atoms with E-state index in [1.165, 1.54) is 12.1 Å². The molecule has 1 aromatic rings. The number of hydrogen-bond acceptors (Lipinski definition) is 3. The van der Waals surface area contributed by atoms with Crippen LogP contribution in [0.2, 0.25) is 0 Å². The number of nitrogens with zero attached hydrogens (tertiary/aromatic N) is 1. The van der Waals surface area contributed by atoms with Crippen LogP contribution in [-0.4, -0.2) is 43.4 Å². The number of ether oxygens (including phenoxy) is 2. The molecule has 1 amide bonds. The first-order valence-electron chi connectivity index (χ1n) is 8.98. The van der Waals surface area contributed by atoms with Crippen LogP contribution in [0.15, 0.2) is 24.3 Å². The van der Waals surface area contributed by atoms with Crippen LogP contribution in [-0.2, 0) is 19.7 Å². The Morgan fingerprint density at radius 1 is 1.21 bits per heavy atom. The predicted octanol–water partition coefficient (Wildman–Crippen LogP) is 2.86. The molecule has 1 unspecified atom stereocenters. The van der Waals surface area contributed by atoms with Gasteiger partial charge in [0, 0.05) is 19.0 Å². The van der Waals surface area contributed by atoms with Crippen LogP contribution in [0.25, 0.3) is 0 Å². The molecule has 2 heterocycles. The van der Waals surface area contributed by atoms with Crippen molar-refractivity contribution < 1.29 is 18.7 Å². The van der Waals surface area contributed by atoms with Gasteiger partial charge in [-0.1, -0.05) is 18.6 Å². The maximum atomic E-state index is 13.7. The molecule has 1 aliphatic carbocycles. The maximum Gasteiger partial charge on any atom is 0.233 e. The fraction of sp³-hybridized carbons (Fsp3) is 0.632. The van der Waals surface area contributed by atoms with Crippen LogP contribution in [0.1, 0.15) is 37.7 Å². The van der Waals surface area contributed by atoms with Crippen LogP contribution >= 0.6 is 0 Å². The molecule has 1 atom stereocenters.